The van der Waals surface area contributed by atoms with E-state index < -0.39 is 84.2 Å². The first kappa shape index (κ1) is 35.1. The molecule has 0 heterocycles. The van der Waals surface area contributed by atoms with Crippen LogP contribution in [0, 0.1) is 20.2 Å². The molecule has 3 aromatic rings. The van der Waals surface area contributed by atoms with Gasteiger partial charge in [-0.05, 0) is 24.3 Å². The van der Waals surface area contributed by atoms with Crippen LogP contribution in [0.4, 0.5) is 22.7 Å². The molecule has 0 fully saturated rings. The Morgan fingerprint density at radius 2 is 1.15 bits per heavy atom. The quantitative estimate of drug-likeness (QED) is 0.0793. The van der Waals surface area contributed by atoms with Gasteiger partial charge in [0, 0.05) is 24.3 Å². The molecular formula is C18H14N6Na2O12S2. The Balaban J connectivity index is 0. The predicted molar refractivity (Wildman–Crippen MR) is 128 cm³/mol. The molecule has 22 heteroatoms. The van der Waals surface area contributed by atoms with Crippen LogP contribution in [-0.4, -0.2) is 35.8 Å². The summed E-state index contributed by atoms with van der Waals surface area (Å²) in [6.45, 7) is 0. The van der Waals surface area contributed by atoms with Crippen molar-refractivity contribution in [3.05, 3.63) is 99.9 Å². The zero-order chi connectivity index (χ0) is 28.4. The zero-order valence-electron chi connectivity index (χ0n) is 22.2. The predicted octanol–water partition coefficient (Wildman–Crippen LogP) is -6.32. The second kappa shape index (κ2) is 13.6. The average Bonchev–Trinajstić information content (AvgIpc) is 2.82. The molecule has 0 aliphatic heterocycles. The third-order valence-electron chi connectivity index (χ3n) is 4.57. The van der Waals surface area contributed by atoms with E-state index in [1.165, 1.54) is 0 Å². The summed E-state index contributed by atoms with van der Waals surface area (Å²) < 4.78 is 65.2. The van der Waals surface area contributed by atoms with Gasteiger partial charge in [-0.3, -0.25) is 49.8 Å². The summed E-state index contributed by atoms with van der Waals surface area (Å²) in [6, 6.07) is 6.24. The Kier molecular flexibility index (Phi) is 12.0. The van der Waals surface area contributed by atoms with E-state index in [9.17, 15) is 55.8 Å². The smallest absolute Gasteiger partial charge is 1.00 e. The third-order valence-corrected chi connectivity index (χ3v) is 6.35. The third kappa shape index (κ3) is 8.30. The molecule has 0 radical (unpaired) electrons. The summed E-state index contributed by atoms with van der Waals surface area (Å²) in [5.74, 6) is 0. The van der Waals surface area contributed by atoms with E-state index in [0.717, 1.165) is 36.4 Å². The number of non-ortho nitro benzene ring substituents is 2. The fourth-order valence-corrected chi connectivity index (χ4v) is 4.16. The minimum atomic E-state index is -5.01. The van der Waals surface area contributed by atoms with Gasteiger partial charge in [-0.25, -0.2) is 0 Å². The first-order valence-corrected chi connectivity index (χ1v) is 12.4. The van der Waals surface area contributed by atoms with Gasteiger partial charge in [-0.1, -0.05) is 0 Å². The minimum Gasteiger partial charge on any atom is -1.00 e. The summed E-state index contributed by atoms with van der Waals surface area (Å²) in [5, 5.41) is 27.5. The van der Waals surface area contributed by atoms with E-state index in [1.807, 2.05) is 0 Å². The molecule has 40 heavy (non-hydrogen) atoms. The molecule has 0 bridgehead atoms. The molecule has 3 aromatic carbocycles. The van der Waals surface area contributed by atoms with Crippen molar-refractivity contribution >= 4 is 43.0 Å². The number of hydrogen-bond acceptors (Lipinski definition) is 14. The summed E-state index contributed by atoms with van der Waals surface area (Å²) in [5.41, 5.74) is -0.322. The van der Waals surface area contributed by atoms with E-state index in [0.29, 0.717) is 12.1 Å². The number of nitrogens with one attached hydrogen (secondary N) is 2. The molecule has 0 aliphatic rings. The Morgan fingerprint density at radius 1 is 0.725 bits per heavy atom. The van der Waals surface area contributed by atoms with Crippen molar-refractivity contribution in [2.45, 2.75) is 9.79 Å². The summed E-state index contributed by atoms with van der Waals surface area (Å²) in [4.78, 5) is 42.9. The van der Waals surface area contributed by atoms with Crippen molar-refractivity contribution in [3.8, 4) is 0 Å². The maximum Gasteiger partial charge on any atom is 1.00 e. The average molecular weight is 616 g/mol. The number of nitrogens with zero attached hydrogens (tertiary/aromatic N) is 4. The van der Waals surface area contributed by atoms with Gasteiger partial charge in [0.05, 0.1) is 21.2 Å². The first-order valence-electron chi connectivity index (χ1n) is 9.56. The maximum atomic E-state index is 12.7. The topological polar surface area (TPSA) is 278 Å². The monoisotopic (exact) mass is 616 g/mol. The van der Waals surface area contributed by atoms with Gasteiger partial charge in [-0.15, -0.1) is 0 Å². The van der Waals surface area contributed by atoms with Crippen molar-refractivity contribution in [1.29, 1.82) is 0 Å². The van der Waals surface area contributed by atoms with E-state index in [4.69, 9.17) is 0 Å². The van der Waals surface area contributed by atoms with E-state index in [2.05, 4.69) is 21.1 Å². The number of hydrogen-bond donors (Lipinski definition) is 4. The summed E-state index contributed by atoms with van der Waals surface area (Å²) >= 11 is 0. The van der Waals surface area contributed by atoms with Crippen LogP contribution in [0.25, 0.3) is 0 Å². The molecule has 4 N–H and O–H groups in total. The van der Waals surface area contributed by atoms with Gasteiger partial charge in [-0.2, -0.15) is 27.0 Å². The van der Waals surface area contributed by atoms with Crippen molar-refractivity contribution in [3.63, 3.8) is 0 Å². The van der Waals surface area contributed by atoms with E-state index in [1.54, 1.807) is 0 Å². The van der Waals surface area contributed by atoms with Gasteiger partial charge >= 0.3 is 59.1 Å². The van der Waals surface area contributed by atoms with Crippen LogP contribution in [0.15, 0.2) is 78.1 Å². The molecule has 18 nitrogen and oxygen atoms in total. The number of nitro benzene ring substituents is 2. The van der Waals surface area contributed by atoms with Crippen molar-refractivity contribution in [1.82, 2.24) is 0 Å². The van der Waals surface area contributed by atoms with Crippen LogP contribution in [0.2, 0.25) is 0 Å². The van der Waals surface area contributed by atoms with Gasteiger partial charge in [0.2, 0.25) is 10.9 Å². The SMILES string of the molecule is O=c1cc/c(=N\Nc2ccc([N+](=O)[O-])cc2S(=O)(=O)O)c(=O)c1=NNc1ccc([N+](=O)[O-])cc1S(=O)(=O)O.[H-].[H-].[Na+].[Na+]. The molecule has 0 saturated carbocycles. The molecular weight excluding hydrogens is 602 g/mol. The fraction of sp³-hybridized carbons (Fsp3) is 0. The van der Waals surface area contributed by atoms with Crippen molar-refractivity contribution < 1.29 is 97.8 Å². The van der Waals surface area contributed by atoms with Crippen molar-refractivity contribution in [2.75, 3.05) is 10.9 Å². The zero-order valence-corrected chi connectivity index (χ0v) is 25.8. The molecule has 0 atom stereocenters. The normalized spacial score (nSPS) is 12.2. The van der Waals surface area contributed by atoms with Gasteiger partial charge < -0.3 is 2.85 Å². The Bertz CT molecular complexity index is 1950. The summed E-state index contributed by atoms with van der Waals surface area (Å²) in [6.07, 6.45) is 0. The maximum absolute atomic E-state index is 12.7. The second-order valence-corrected chi connectivity index (χ2v) is 9.81. The molecule has 3 rings (SSSR count). The minimum absolute atomic E-state index is 0. The molecule has 0 spiro atoms. The van der Waals surface area contributed by atoms with Gasteiger partial charge in [0.1, 0.15) is 15.1 Å². The molecule has 0 aliphatic carbocycles. The van der Waals surface area contributed by atoms with Gasteiger partial charge in [0.25, 0.3) is 31.6 Å². The number of benzene rings is 3. The molecule has 0 saturated heterocycles. The molecule has 0 amide bonds. The van der Waals surface area contributed by atoms with Crippen LogP contribution in [0.1, 0.15) is 2.85 Å². The van der Waals surface area contributed by atoms with Crippen molar-refractivity contribution in [2.24, 2.45) is 10.2 Å². The van der Waals surface area contributed by atoms with Crippen LogP contribution in [-0.2, 0) is 20.2 Å². The fourth-order valence-electron chi connectivity index (χ4n) is 2.83. The second-order valence-electron chi connectivity index (χ2n) is 7.03. The Morgan fingerprint density at radius 3 is 1.55 bits per heavy atom. The van der Waals surface area contributed by atoms with Crippen LogP contribution < -0.4 is 91.5 Å². The summed E-state index contributed by atoms with van der Waals surface area (Å²) in [7, 11) is -9.99. The molecule has 0 unspecified atom stereocenters. The largest absolute Gasteiger partial charge is 1.00 e. The molecule has 0 aromatic heterocycles. The standard InChI is InChI=1S/C18H12N6O12S2.2Na.2H/c25-14-6-5-13(21-19-11-3-1-9(23(27)28)7-15(11)37(31,32)33)18(26)17(14)22-20-12-4-2-10(24(29)30)8-16(12)38(34,35)36;;;;/h1-8,19-20H,(H,31,32,33)(H,34,35,36);;;;/q;2*+1;2*-1/b21-13+,22-17?;;;;. The number of nitro groups is 2. The Hall–Kier alpha value is -2.92. The first-order chi connectivity index (χ1) is 17.6. The Labute approximate surface area is 269 Å². The van der Waals surface area contributed by atoms with E-state index in [-0.39, 0.29) is 62.0 Å². The van der Waals surface area contributed by atoms with Crippen LogP contribution in [0.3, 0.4) is 0 Å². The van der Waals surface area contributed by atoms with E-state index >= 15 is 0 Å². The van der Waals surface area contributed by atoms with Crippen LogP contribution >= 0.6 is 0 Å². The number of rotatable bonds is 8. The molecule has 202 valence electrons. The van der Waals surface area contributed by atoms with Gasteiger partial charge in [0.15, 0.2) is 5.36 Å². The number of anilines is 2. The van der Waals surface area contributed by atoms with Crippen LogP contribution in [0.5, 0.6) is 0 Å².